The number of rotatable bonds is 6. The molecule has 1 aliphatic carbocycles. The normalized spacial score (nSPS) is 26.5. The van der Waals surface area contributed by atoms with E-state index < -0.39 is 5.97 Å². The molecule has 2 N–H and O–H groups in total. The molecule has 0 heterocycles. The van der Waals surface area contributed by atoms with Crippen LogP contribution in [0.4, 0.5) is 0 Å². The van der Waals surface area contributed by atoms with E-state index in [-0.39, 0.29) is 6.42 Å². The van der Waals surface area contributed by atoms with Crippen LogP contribution in [0.3, 0.4) is 0 Å². The van der Waals surface area contributed by atoms with Crippen LogP contribution in [0.25, 0.3) is 0 Å². The van der Waals surface area contributed by atoms with Crippen LogP contribution in [0.5, 0.6) is 0 Å². The minimum Gasteiger partial charge on any atom is -0.481 e. The lowest BCUT2D eigenvalue weighted by molar-refractivity contribution is -0.137. The minimum atomic E-state index is -0.688. The highest BCUT2D eigenvalue weighted by Crippen LogP contribution is 2.26. The van der Waals surface area contributed by atoms with Gasteiger partial charge in [0.25, 0.3) is 0 Å². The summed E-state index contributed by atoms with van der Waals surface area (Å²) >= 11 is 0. The van der Waals surface area contributed by atoms with E-state index in [1.807, 2.05) is 0 Å². The molecule has 1 saturated carbocycles. The lowest BCUT2D eigenvalue weighted by Crippen LogP contribution is -2.38. The van der Waals surface area contributed by atoms with Gasteiger partial charge in [0.1, 0.15) is 0 Å². The van der Waals surface area contributed by atoms with Gasteiger partial charge in [0.15, 0.2) is 0 Å². The zero-order valence-electron chi connectivity index (χ0n) is 9.67. The van der Waals surface area contributed by atoms with Gasteiger partial charge in [-0.25, -0.2) is 0 Å². The van der Waals surface area contributed by atoms with E-state index in [0.717, 1.165) is 18.9 Å². The van der Waals surface area contributed by atoms with Gasteiger partial charge in [-0.15, -0.1) is 0 Å². The summed E-state index contributed by atoms with van der Waals surface area (Å²) < 4.78 is 0. The monoisotopic (exact) mass is 213 g/mol. The molecule has 3 heteroatoms. The fourth-order valence-corrected chi connectivity index (χ4v) is 2.49. The van der Waals surface area contributed by atoms with E-state index in [0.29, 0.717) is 6.04 Å². The molecule has 1 fully saturated rings. The van der Waals surface area contributed by atoms with Crippen molar-refractivity contribution in [3.8, 4) is 0 Å². The Kier molecular flexibility index (Phi) is 5.69. The van der Waals surface area contributed by atoms with Crippen LogP contribution in [0.2, 0.25) is 0 Å². The van der Waals surface area contributed by atoms with E-state index in [9.17, 15) is 4.79 Å². The molecule has 3 nitrogen and oxygen atoms in total. The van der Waals surface area contributed by atoms with Gasteiger partial charge in [-0.1, -0.05) is 26.2 Å². The van der Waals surface area contributed by atoms with Crippen LogP contribution in [0.15, 0.2) is 0 Å². The molecule has 1 aliphatic rings. The van der Waals surface area contributed by atoms with Crippen molar-refractivity contribution in [1.82, 2.24) is 5.32 Å². The Morgan fingerprint density at radius 1 is 1.40 bits per heavy atom. The van der Waals surface area contributed by atoms with E-state index in [1.54, 1.807) is 0 Å². The molecule has 0 spiro atoms. The van der Waals surface area contributed by atoms with Gasteiger partial charge < -0.3 is 10.4 Å². The quantitative estimate of drug-likeness (QED) is 0.666. The third-order valence-corrected chi connectivity index (χ3v) is 3.41. The van der Waals surface area contributed by atoms with Gasteiger partial charge in [-0.3, -0.25) is 4.79 Å². The molecule has 1 rings (SSSR count). The van der Waals surface area contributed by atoms with Crippen molar-refractivity contribution in [3.63, 3.8) is 0 Å². The largest absolute Gasteiger partial charge is 0.481 e. The first-order valence-electron chi connectivity index (χ1n) is 6.19. The Hall–Kier alpha value is -0.570. The molecular weight excluding hydrogens is 190 g/mol. The maximum Gasteiger partial charge on any atom is 0.303 e. The second kappa shape index (κ2) is 6.83. The number of carboxylic acid groups (broad SMARTS) is 1. The van der Waals surface area contributed by atoms with Gasteiger partial charge in [-0.05, 0) is 31.7 Å². The molecule has 0 aliphatic heterocycles. The van der Waals surface area contributed by atoms with Gasteiger partial charge >= 0.3 is 5.97 Å². The van der Waals surface area contributed by atoms with Crippen molar-refractivity contribution in [2.45, 2.75) is 57.9 Å². The number of hydrogen-bond acceptors (Lipinski definition) is 2. The Morgan fingerprint density at radius 2 is 2.13 bits per heavy atom. The van der Waals surface area contributed by atoms with Crippen molar-refractivity contribution in [1.29, 1.82) is 0 Å². The summed E-state index contributed by atoms with van der Waals surface area (Å²) in [7, 11) is 0. The average Bonchev–Trinajstić information content (AvgIpc) is 2.24. The maximum atomic E-state index is 10.3. The summed E-state index contributed by atoms with van der Waals surface area (Å²) in [5.41, 5.74) is 0. The molecule has 15 heavy (non-hydrogen) atoms. The second-order valence-electron chi connectivity index (χ2n) is 4.51. The van der Waals surface area contributed by atoms with Gasteiger partial charge in [0.2, 0.25) is 0 Å². The SMILES string of the molecule is CCC1CCCCC1NCCCC(=O)O. The van der Waals surface area contributed by atoms with Crippen LogP contribution in [-0.4, -0.2) is 23.7 Å². The van der Waals surface area contributed by atoms with E-state index >= 15 is 0 Å². The van der Waals surface area contributed by atoms with E-state index in [4.69, 9.17) is 5.11 Å². The summed E-state index contributed by atoms with van der Waals surface area (Å²) in [5, 5.41) is 12.0. The van der Waals surface area contributed by atoms with Crippen molar-refractivity contribution in [2.75, 3.05) is 6.54 Å². The molecule has 88 valence electrons. The van der Waals surface area contributed by atoms with Crippen molar-refractivity contribution >= 4 is 5.97 Å². The molecule has 0 saturated heterocycles. The molecule has 0 amide bonds. The average molecular weight is 213 g/mol. The summed E-state index contributed by atoms with van der Waals surface area (Å²) in [6, 6.07) is 0.637. The summed E-state index contributed by atoms with van der Waals surface area (Å²) in [6.45, 7) is 3.11. The molecule has 0 radical (unpaired) electrons. The van der Waals surface area contributed by atoms with E-state index in [2.05, 4.69) is 12.2 Å². The number of carbonyl (C=O) groups is 1. The second-order valence-corrected chi connectivity index (χ2v) is 4.51. The number of hydrogen-bond donors (Lipinski definition) is 2. The predicted molar refractivity (Wildman–Crippen MR) is 60.9 cm³/mol. The lowest BCUT2D eigenvalue weighted by atomic mass is 9.83. The van der Waals surface area contributed by atoms with Crippen LogP contribution in [-0.2, 0) is 4.79 Å². The first-order valence-corrected chi connectivity index (χ1v) is 6.19. The van der Waals surface area contributed by atoms with Crippen LogP contribution in [0, 0.1) is 5.92 Å². The highest BCUT2D eigenvalue weighted by Gasteiger charge is 2.22. The van der Waals surface area contributed by atoms with Crippen LogP contribution >= 0.6 is 0 Å². The predicted octanol–water partition coefficient (Wildman–Crippen LogP) is 2.41. The molecule has 0 aromatic carbocycles. The molecule has 0 aromatic heterocycles. The minimum absolute atomic E-state index is 0.288. The summed E-state index contributed by atoms with van der Waals surface area (Å²) in [4.78, 5) is 10.3. The standard InChI is InChI=1S/C12H23NO2/c1-2-10-6-3-4-7-11(10)13-9-5-8-12(14)15/h10-11,13H,2-9H2,1H3,(H,14,15). The highest BCUT2D eigenvalue weighted by atomic mass is 16.4. The third kappa shape index (κ3) is 4.65. The van der Waals surface area contributed by atoms with Gasteiger partial charge in [-0.2, -0.15) is 0 Å². The molecule has 2 atom stereocenters. The van der Waals surface area contributed by atoms with Crippen molar-refractivity contribution < 1.29 is 9.90 Å². The fraction of sp³-hybridized carbons (Fsp3) is 0.917. The highest BCUT2D eigenvalue weighted by molar-refractivity contribution is 5.66. The Morgan fingerprint density at radius 3 is 2.80 bits per heavy atom. The maximum absolute atomic E-state index is 10.3. The number of carboxylic acids is 1. The lowest BCUT2D eigenvalue weighted by Gasteiger charge is -2.31. The first kappa shape index (κ1) is 12.5. The fourth-order valence-electron chi connectivity index (χ4n) is 2.49. The topological polar surface area (TPSA) is 49.3 Å². The molecule has 0 aromatic rings. The molecule has 0 bridgehead atoms. The molecule has 2 unspecified atom stereocenters. The third-order valence-electron chi connectivity index (χ3n) is 3.41. The zero-order chi connectivity index (χ0) is 11.1. The Labute approximate surface area is 92.3 Å². The first-order chi connectivity index (χ1) is 7.24. The summed E-state index contributed by atoms with van der Waals surface area (Å²) in [5.74, 6) is 0.121. The van der Waals surface area contributed by atoms with Crippen LogP contribution in [0.1, 0.15) is 51.9 Å². The van der Waals surface area contributed by atoms with Crippen LogP contribution < -0.4 is 5.32 Å². The Bertz CT molecular complexity index is 194. The Balaban J connectivity index is 2.15. The van der Waals surface area contributed by atoms with E-state index in [1.165, 1.54) is 32.1 Å². The van der Waals surface area contributed by atoms with Gasteiger partial charge in [0, 0.05) is 12.5 Å². The smallest absolute Gasteiger partial charge is 0.303 e. The van der Waals surface area contributed by atoms with Gasteiger partial charge in [0.05, 0.1) is 0 Å². The zero-order valence-corrected chi connectivity index (χ0v) is 9.67. The van der Waals surface area contributed by atoms with Crippen molar-refractivity contribution in [2.24, 2.45) is 5.92 Å². The van der Waals surface area contributed by atoms with Crippen molar-refractivity contribution in [3.05, 3.63) is 0 Å². The summed E-state index contributed by atoms with van der Waals surface area (Å²) in [6.07, 6.45) is 7.59. The number of aliphatic carboxylic acids is 1. The molecular formula is C12H23NO2. The number of nitrogens with one attached hydrogen (secondary N) is 1.